The van der Waals surface area contributed by atoms with E-state index in [1.54, 1.807) is 0 Å². The molecule has 0 saturated carbocycles. The summed E-state index contributed by atoms with van der Waals surface area (Å²) < 4.78 is 45.6. The molecule has 0 atom stereocenters. The number of carboxylic acids is 3. The van der Waals surface area contributed by atoms with Gasteiger partial charge >= 0.3 is 25.4 Å². The zero-order chi connectivity index (χ0) is 36.8. The van der Waals surface area contributed by atoms with E-state index < -0.39 is 75.9 Å². The van der Waals surface area contributed by atoms with E-state index >= 15 is 0 Å². The summed E-state index contributed by atoms with van der Waals surface area (Å²) in [6, 6.07) is 10.8. The molecule has 0 unspecified atom stereocenters. The van der Waals surface area contributed by atoms with E-state index in [9.17, 15) is 56.1 Å². The number of rotatable bonds is 22. The van der Waals surface area contributed by atoms with Crippen molar-refractivity contribution in [1.82, 2.24) is 25.3 Å². The number of nitrogens with one attached hydrogen (secondary N) is 2. The molecule has 0 aliphatic rings. The Kier molecular flexibility index (Phi) is 18.3. The maximum atomic E-state index is 12.6. The van der Waals surface area contributed by atoms with Crippen molar-refractivity contribution in [2.75, 3.05) is 58.9 Å². The van der Waals surface area contributed by atoms with Crippen LogP contribution in [-0.4, -0.2) is 125 Å². The SMILES string of the molecule is NS(=O)(=O)c1ccc(CNC(=O)CN(CCN(CCN(CC(=O)O)CC(=O)NCc2ccc(S(N)(=O)=O)cc2)CC(=O)[O-])CC(=O)[O-])cc1.[Zn+2]. The number of hydrogen-bond donors (Lipinski definition) is 5. The average Bonchev–Trinajstić information content (AvgIpc) is 2.99. The normalized spacial score (nSPS) is 11.6. The van der Waals surface area contributed by atoms with Crippen molar-refractivity contribution in [2.24, 2.45) is 10.3 Å². The molecule has 0 aliphatic carbocycles. The number of amides is 2. The first-order valence-corrected chi connectivity index (χ1v) is 17.5. The van der Waals surface area contributed by atoms with Crippen molar-refractivity contribution in [1.29, 1.82) is 0 Å². The molecule has 0 fully saturated rings. The molecule has 0 saturated heterocycles. The first kappa shape index (κ1) is 44.1. The van der Waals surface area contributed by atoms with E-state index in [1.807, 2.05) is 0 Å². The molecule has 19 nitrogen and oxygen atoms in total. The number of aliphatic carboxylic acids is 3. The van der Waals surface area contributed by atoms with Crippen LogP contribution in [0.2, 0.25) is 0 Å². The summed E-state index contributed by atoms with van der Waals surface area (Å²) in [6.45, 7) is -3.09. The van der Waals surface area contributed by atoms with Crippen molar-refractivity contribution >= 4 is 49.8 Å². The second kappa shape index (κ2) is 20.7. The monoisotopic (exact) mass is 791 g/mol. The third-order valence-electron chi connectivity index (χ3n) is 6.75. The summed E-state index contributed by atoms with van der Waals surface area (Å²) in [7, 11) is -7.80. The van der Waals surface area contributed by atoms with Crippen LogP contribution in [0.1, 0.15) is 11.1 Å². The number of sulfonamides is 2. The van der Waals surface area contributed by atoms with Gasteiger partial charge in [-0.2, -0.15) is 0 Å². The van der Waals surface area contributed by atoms with Gasteiger partial charge in [0.25, 0.3) is 0 Å². The molecule has 2 rings (SSSR count). The predicted octanol–water partition coefficient (Wildman–Crippen LogP) is -5.60. The molecule has 7 N–H and O–H groups in total. The molecular formula is C28H37N7O12S2Zn. The molecule has 2 aromatic carbocycles. The van der Waals surface area contributed by atoms with E-state index in [4.69, 9.17) is 10.3 Å². The fourth-order valence-corrected chi connectivity index (χ4v) is 5.36. The van der Waals surface area contributed by atoms with E-state index in [1.165, 1.54) is 63.2 Å². The standard InChI is InChI=1S/C28H39N7O12S2.Zn/c29-48(44,45)22-5-1-20(2-6-22)13-31-24(36)15-34(18-27(40)41)11-9-33(17-26(38)39)10-12-35(19-28(42)43)16-25(37)32-14-21-3-7-23(8-4-21)49(30,46)47;/h1-8H,9-19H2,(H,31,36)(H,32,37)(H,38,39)(H,40,41)(H,42,43)(H2,29,44,45)(H2,30,46,47);/q;+2/p-2. The van der Waals surface area contributed by atoms with Crippen LogP contribution in [0, 0.1) is 0 Å². The first-order valence-electron chi connectivity index (χ1n) is 14.4. The Hall–Kier alpha value is -3.89. The zero-order valence-electron chi connectivity index (χ0n) is 26.9. The third-order valence-corrected chi connectivity index (χ3v) is 8.61. The summed E-state index contributed by atoms with van der Waals surface area (Å²) in [5, 5.41) is 47.3. The van der Waals surface area contributed by atoms with Gasteiger partial charge in [-0.15, -0.1) is 0 Å². The van der Waals surface area contributed by atoms with Gasteiger partial charge in [-0.25, -0.2) is 27.1 Å². The molecule has 0 radical (unpaired) electrons. The minimum atomic E-state index is -3.90. The quantitative estimate of drug-likeness (QED) is 0.0695. The van der Waals surface area contributed by atoms with Gasteiger partial charge in [0.2, 0.25) is 31.9 Å². The number of carbonyl (C=O) groups excluding carboxylic acids is 4. The number of nitrogens with two attached hydrogens (primary N) is 2. The number of carboxylic acid groups (broad SMARTS) is 3. The summed E-state index contributed by atoms with van der Waals surface area (Å²) >= 11 is 0. The van der Waals surface area contributed by atoms with Crippen LogP contribution in [0.15, 0.2) is 58.3 Å². The summed E-state index contributed by atoms with van der Waals surface area (Å²) in [6.07, 6.45) is 0. The Balaban J connectivity index is 0.0000125. The van der Waals surface area contributed by atoms with Gasteiger partial charge in [-0.1, -0.05) is 24.3 Å². The van der Waals surface area contributed by atoms with Crippen molar-refractivity contribution in [3.63, 3.8) is 0 Å². The molecule has 22 heteroatoms. The molecule has 0 aromatic heterocycles. The van der Waals surface area contributed by atoms with Crippen molar-refractivity contribution < 1.29 is 75.6 Å². The Morgan fingerprint density at radius 1 is 0.580 bits per heavy atom. The smallest absolute Gasteiger partial charge is 0.549 e. The van der Waals surface area contributed by atoms with Crippen LogP contribution in [0.5, 0.6) is 0 Å². The van der Waals surface area contributed by atoms with Crippen LogP contribution in [-0.2, 0) is 76.6 Å². The molecule has 0 aliphatic heterocycles. The fourth-order valence-electron chi connectivity index (χ4n) is 4.33. The average molecular weight is 793 g/mol. The maximum absolute atomic E-state index is 12.6. The number of carbonyl (C=O) groups is 5. The predicted molar refractivity (Wildman–Crippen MR) is 166 cm³/mol. The topological polar surface area (TPSA) is 306 Å². The third kappa shape index (κ3) is 17.7. The Morgan fingerprint density at radius 3 is 1.22 bits per heavy atom. The van der Waals surface area contributed by atoms with Crippen molar-refractivity contribution in [2.45, 2.75) is 22.9 Å². The van der Waals surface area contributed by atoms with Crippen molar-refractivity contribution in [3.8, 4) is 0 Å². The van der Waals surface area contributed by atoms with E-state index in [0.717, 1.165) is 0 Å². The Labute approximate surface area is 301 Å². The molecule has 2 amide bonds. The minimum Gasteiger partial charge on any atom is -0.549 e. The second-order valence-corrected chi connectivity index (χ2v) is 13.9. The number of hydrogen-bond acceptors (Lipinski definition) is 14. The van der Waals surface area contributed by atoms with Crippen LogP contribution >= 0.6 is 0 Å². The summed E-state index contributed by atoms with van der Waals surface area (Å²) in [4.78, 5) is 62.8. The second-order valence-electron chi connectivity index (χ2n) is 10.8. The van der Waals surface area contributed by atoms with E-state index in [2.05, 4.69) is 10.6 Å². The molecule has 50 heavy (non-hydrogen) atoms. The van der Waals surface area contributed by atoms with Gasteiger partial charge in [-0.05, 0) is 35.4 Å². The maximum Gasteiger partial charge on any atom is 2.00 e. The van der Waals surface area contributed by atoms with Crippen LogP contribution in [0.25, 0.3) is 0 Å². The molecule has 0 heterocycles. The van der Waals surface area contributed by atoms with Crippen LogP contribution < -0.4 is 31.1 Å². The first-order chi connectivity index (χ1) is 22.8. The van der Waals surface area contributed by atoms with E-state index in [-0.39, 0.29) is 75.1 Å². The molecule has 0 spiro atoms. The van der Waals surface area contributed by atoms with Gasteiger partial charge in [0.05, 0.1) is 41.4 Å². The zero-order valence-corrected chi connectivity index (χ0v) is 31.5. The molecular weight excluding hydrogens is 756 g/mol. The summed E-state index contributed by atoms with van der Waals surface area (Å²) in [5.41, 5.74) is 1.07. The number of benzene rings is 2. The largest absolute Gasteiger partial charge is 2.00 e. The fraction of sp³-hybridized carbons (Fsp3) is 0.393. The van der Waals surface area contributed by atoms with Gasteiger partial charge in [0.1, 0.15) is 0 Å². The van der Waals surface area contributed by atoms with E-state index in [0.29, 0.717) is 11.1 Å². The Morgan fingerprint density at radius 2 is 0.900 bits per heavy atom. The van der Waals surface area contributed by atoms with Gasteiger partial charge < -0.3 is 35.5 Å². The molecule has 2 aromatic rings. The number of primary sulfonamides is 2. The van der Waals surface area contributed by atoms with Crippen LogP contribution in [0.3, 0.4) is 0 Å². The van der Waals surface area contributed by atoms with Crippen LogP contribution in [0.4, 0.5) is 0 Å². The van der Waals surface area contributed by atoms with Gasteiger partial charge in [0, 0.05) is 52.4 Å². The number of nitrogens with zero attached hydrogens (tertiary/aromatic N) is 3. The van der Waals surface area contributed by atoms with Crippen molar-refractivity contribution in [3.05, 3.63) is 59.7 Å². The van der Waals surface area contributed by atoms with Gasteiger partial charge in [0.15, 0.2) is 0 Å². The minimum absolute atomic E-state index is 0. The molecule has 270 valence electrons. The van der Waals surface area contributed by atoms with Gasteiger partial charge in [-0.3, -0.25) is 29.1 Å². The summed E-state index contributed by atoms with van der Waals surface area (Å²) in [5.74, 6) is -5.41. The molecule has 0 bridgehead atoms. The Bertz CT molecular complexity index is 1580.